The van der Waals surface area contributed by atoms with Gasteiger partial charge in [-0.3, -0.25) is 0 Å². The number of rotatable bonds is 3. The first-order valence-electron chi connectivity index (χ1n) is 7.14. The largest absolute Gasteiger partial charge is 0.462 e. The average Bonchev–Trinajstić information content (AvgIpc) is 2.79. The number of hydrogen-bond donors (Lipinski definition) is 0. The Hall–Kier alpha value is -1.82. The van der Waals surface area contributed by atoms with Crippen LogP contribution in [0.5, 0.6) is 0 Å². The summed E-state index contributed by atoms with van der Waals surface area (Å²) in [4.78, 5) is 11.9. The first-order valence-corrected chi connectivity index (χ1v) is 8.21. The summed E-state index contributed by atoms with van der Waals surface area (Å²) >= 11 is 2.35. The highest BCUT2D eigenvalue weighted by molar-refractivity contribution is 14.1. The van der Waals surface area contributed by atoms with Crippen molar-refractivity contribution in [2.45, 2.75) is 6.92 Å². The van der Waals surface area contributed by atoms with Crippen molar-refractivity contribution in [3.8, 4) is 11.3 Å². The standard InChI is InChI=1S/C18H16INO2/c1-3-22-18(21)13-9-10-15-14(11-13)16(19)17(20(15)2)12-7-5-4-6-8-12/h4-11H,3H2,1-2H3. The van der Waals surface area contributed by atoms with Gasteiger partial charge in [-0.05, 0) is 53.3 Å². The van der Waals surface area contributed by atoms with Crippen molar-refractivity contribution in [3.63, 3.8) is 0 Å². The molecule has 3 aromatic rings. The Morgan fingerprint density at radius 1 is 1.18 bits per heavy atom. The Labute approximate surface area is 143 Å². The number of benzene rings is 2. The molecule has 0 aliphatic rings. The summed E-state index contributed by atoms with van der Waals surface area (Å²) in [6.45, 7) is 2.20. The van der Waals surface area contributed by atoms with E-state index in [4.69, 9.17) is 4.74 Å². The van der Waals surface area contributed by atoms with Gasteiger partial charge in [0.2, 0.25) is 0 Å². The van der Waals surface area contributed by atoms with Crippen LogP contribution < -0.4 is 0 Å². The number of ether oxygens (including phenoxy) is 1. The number of fused-ring (bicyclic) bond motifs is 1. The predicted molar refractivity (Wildman–Crippen MR) is 97.0 cm³/mol. The van der Waals surface area contributed by atoms with Crippen molar-refractivity contribution in [2.75, 3.05) is 6.61 Å². The third kappa shape index (κ3) is 2.52. The molecule has 2 aromatic carbocycles. The number of aryl methyl sites for hydroxylation is 1. The van der Waals surface area contributed by atoms with E-state index in [0.29, 0.717) is 12.2 Å². The molecule has 4 heteroatoms. The summed E-state index contributed by atoms with van der Waals surface area (Å²) in [7, 11) is 2.05. The minimum Gasteiger partial charge on any atom is -0.462 e. The van der Waals surface area contributed by atoms with Crippen molar-refractivity contribution >= 4 is 39.5 Å². The summed E-state index contributed by atoms with van der Waals surface area (Å²) in [6.07, 6.45) is 0. The molecule has 0 spiro atoms. The normalized spacial score (nSPS) is 10.9. The number of carbonyl (C=O) groups excluding carboxylic acids is 1. The van der Waals surface area contributed by atoms with Gasteiger partial charge in [0.05, 0.1) is 17.9 Å². The second-order valence-corrected chi connectivity index (χ2v) is 6.12. The van der Waals surface area contributed by atoms with Gasteiger partial charge in [-0.1, -0.05) is 30.3 Å². The average molecular weight is 405 g/mol. The van der Waals surface area contributed by atoms with Crippen LogP contribution in [0, 0.1) is 3.57 Å². The van der Waals surface area contributed by atoms with Crippen molar-refractivity contribution < 1.29 is 9.53 Å². The molecule has 0 unspecified atom stereocenters. The molecule has 0 atom stereocenters. The van der Waals surface area contributed by atoms with Crippen molar-refractivity contribution in [2.24, 2.45) is 7.05 Å². The Kier molecular flexibility index (Phi) is 4.20. The third-order valence-electron chi connectivity index (χ3n) is 3.70. The second-order valence-electron chi connectivity index (χ2n) is 5.04. The molecule has 1 aromatic heterocycles. The molecule has 0 saturated heterocycles. The van der Waals surface area contributed by atoms with Gasteiger partial charge in [0.1, 0.15) is 0 Å². The van der Waals surface area contributed by atoms with E-state index in [9.17, 15) is 4.79 Å². The zero-order chi connectivity index (χ0) is 15.7. The van der Waals surface area contributed by atoms with Gasteiger partial charge < -0.3 is 9.30 Å². The molecular formula is C18H16INO2. The number of halogens is 1. The SMILES string of the molecule is CCOC(=O)c1ccc2c(c1)c(I)c(-c1ccccc1)n2C. The Morgan fingerprint density at radius 2 is 1.91 bits per heavy atom. The van der Waals surface area contributed by atoms with Gasteiger partial charge in [-0.2, -0.15) is 0 Å². The van der Waals surface area contributed by atoms with Crippen LogP contribution >= 0.6 is 22.6 Å². The summed E-state index contributed by atoms with van der Waals surface area (Å²) in [6, 6.07) is 16.0. The fourth-order valence-electron chi connectivity index (χ4n) is 2.66. The predicted octanol–water partition coefficient (Wildman–Crippen LogP) is 4.63. The van der Waals surface area contributed by atoms with Gasteiger partial charge in [0, 0.05) is 21.5 Å². The maximum Gasteiger partial charge on any atom is 0.338 e. The first kappa shape index (κ1) is 15.1. The van der Waals surface area contributed by atoms with Gasteiger partial charge in [0.25, 0.3) is 0 Å². The zero-order valence-corrected chi connectivity index (χ0v) is 14.6. The molecule has 22 heavy (non-hydrogen) atoms. The lowest BCUT2D eigenvalue weighted by Gasteiger charge is -2.05. The number of aromatic nitrogens is 1. The fraction of sp³-hybridized carbons (Fsp3) is 0.167. The summed E-state index contributed by atoms with van der Waals surface area (Å²) in [5.74, 6) is -0.273. The van der Waals surface area contributed by atoms with Crippen LogP contribution in [0.3, 0.4) is 0 Å². The Morgan fingerprint density at radius 3 is 2.59 bits per heavy atom. The van der Waals surface area contributed by atoms with E-state index in [-0.39, 0.29) is 5.97 Å². The zero-order valence-electron chi connectivity index (χ0n) is 12.5. The number of esters is 1. The summed E-state index contributed by atoms with van der Waals surface area (Å²) in [5.41, 5.74) is 4.04. The van der Waals surface area contributed by atoms with E-state index in [1.165, 1.54) is 5.56 Å². The van der Waals surface area contributed by atoms with Crippen LogP contribution in [-0.2, 0) is 11.8 Å². The number of nitrogens with zero attached hydrogens (tertiary/aromatic N) is 1. The molecule has 0 radical (unpaired) electrons. The van der Waals surface area contributed by atoms with E-state index >= 15 is 0 Å². The van der Waals surface area contributed by atoms with Gasteiger partial charge in [-0.25, -0.2) is 4.79 Å². The minimum absolute atomic E-state index is 0.273. The van der Waals surface area contributed by atoms with E-state index in [1.807, 2.05) is 43.3 Å². The molecule has 1 heterocycles. The summed E-state index contributed by atoms with van der Waals surface area (Å²) in [5, 5.41) is 1.08. The highest BCUT2D eigenvalue weighted by Crippen LogP contribution is 2.34. The van der Waals surface area contributed by atoms with Crippen molar-refractivity contribution in [1.82, 2.24) is 4.57 Å². The number of hydrogen-bond acceptors (Lipinski definition) is 2. The topological polar surface area (TPSA) is 31.2 Å². The third-order valence-corrected chi connectivity index (χ3v) is 4.79. The minimum atomic E-state index is -0.273. The van der Waals surface area contributed by atoms with E-state index in [1.54, 1.807) is 0 Å². The van der Waals surface area contributed by atoms with Gasteiger partial charge in [0.15, 0.2) is 0 Å². The molecular weight excluding hydrogens is 389 g/mol. The van der Waals surface area contributed by atoms with E-state index in [2.05, 4.69) is 46.3 Å². The smallest absolute Gasteiger partial charge is 0.338 e. The van der Waals surface area contributed by atoms with Crippen LogP contribution in [-0.4, -0.2) is 17.1 Å². The molecule has 3 rings (SSSR count). The fourth-order valence-corrected chi connectivity index (χ4v) is 3.76. The monoisotopic (exact) mass is 405 g/mol. The molecule has 112 valence electrons. The molecule has 0 N–H and O–H groups in total. The lowest BCUT2D eigenvalue weighted by Crippen LogP contribution is -2.04. The van der Waals surface area contributed by atoms with E-state index in [0.717, 1.165) is 20.2 Å². The first-order chi connectivity index (χ1) is 10.6. The molecule has 0 bridgehead atoms. The maximum absolute atomic E-state index is 11.9. The van der Waals surface area contributed by atoms with Crippen LogP contribution in [0.15, 0.2) is 48.5 Å². The molecule has 0 fully saturated rings. The van der Waals surface area contributed by atoms with Gasteiger partial charge in [-0.15, -0.1) is 0 Å². The van der Waals surface area contributed by atoms with Crippen LogP contribution in [0.1, 0.15) is 17.3 Å². The molecule has 0 aliphatic heterocycles. The Balaban J connectivity index is 2.19. The van der Waals surface area contributed by atoms with Crippen molar-refractivity contribution in [3.05, 3.63) is 57.7 Å². The highest BCUT2D eigenvalue weighted by atomic mass is 127. The summed E-state index contributed by atoms with van der Waals surface area (Å²) < 4.78 is 8.40. The maximum atomic E-state index is 11.9. The molecule has 3 nitrogen and oxygen atoms in total. The van der Waals surface area contributed by atoms with E-state index < -0.39 is 0 Å². The lowest BCUT2D eigenvalue weighted by atomic mass is 10.1. The van der Waals surface area contributed by atoms with Gasteiger partial charge >= 0.3 is 5.97 Å². The molecule has 0 aliphatic carbocycles. The van der Waals surface area contributed by atoms with Crippen molar-refractivity contribution in [1.29, 1.82) is 0 Å². The number of carbonyl (C=O) groups is 1. The second kappa shape index (κ2) is 6.12. The molecule has 0 amide bonds. The van der Waals surface area contributed by atoms with Crippen LogP contribution in [0.2, 0.25) is 0 Å². The Bertz CT molecular complexity index is 837. The molecule has 0 saturated carbocycles. The van der Waals surface area contributed by atoms with Crippen LogP contribution in [0.4, 0.5) is 0 Å². The van der Waals surface area contributed by atoms with Crippen LogP contribution in [0.25, 0.3) is 22.2 Å². The quantitative estimate of drug-likeness (QED) is 0.470. The highest BCUT2D eigenvalue weighted by Gasteiger charge is 2.16. The lowest BCUT2D eigenvalue weighted by molar-refractivity contribution is 0.0526.